The van der Waals surface area contributed by atoms with E-state index < -0.39 is 11.4 Å². The van der Waals surface area contributed by atoms with Gasteiger partial charge in [0.1, 0.15) is 0 Å². The number of carbonyl (C=O) groups is 3. The molecular weight excluding hydrogens is 320 g/mol. The van der Waals surface area contributed by atoms with Gasteiger partial charge in [0.05, 0.1) is 14.2 Å². The number of rotatable bonds is 11. The highest BCUT2D eigenvalue weighted by Crippen LogP contribution is 2.32. The summed E-state index contributed by atoms with van der Waals surface area (Å²) >= 11 is 0. The Morgan fingerprint density at radius 3 is 2.00 bits per heavy atom. The fraction of sp³-hybridized carbons (Fsp3) is 0.550. The van der Waals surface area contributed by atoms with Crippen molar-refractivity contribution in [1.29, 1.82) is 0 Å². The van der Waals surface area contributed by atoms with Crippen LogP contribution in [0.15, 0.2) is 30.3 Å². The smallest absolute Gasteiger partial charge is 0.323 e. The standard InChI is InChI=1S/C20H28O5/c1-4-20(19(23)25-3,16-12-8-7-9-13-16)17(21)14-10-5-6-11-15-18(22)24-2/h7-9,12-13H,4-6,10-11,14-15H2,1-3H3. The lowest BCUT2D eigenvalue weighted by molar-refractivity contribution is -0.152. The summed E-state index contributed by atoms with van der Waals surface area (Å²) in [5.41, 5.74) is -0.554. The molecule has 0 heterocycles. The van der Waals surface area contributed by atoms with Crippen LogP contribution >= 0.6 is 0 Å². The van der Waals surface area contributed by atoms with E-state index in [9.17, 15) is 14.4 Å². The van der Waals surface area contributed by atoms with Crippen molar-refractivity contribution in [2.75, 3.05) is 14.2 Å². The van der Waals surface area contributed by atoms with Gasteiger partial charge < -0.3 is 9.47 Å². The summed E-state index contributed by atoms with van der Waals surface area (Å²) in [5, 5.41) is 0. The molecule has 0 saturated carbocycles. The quantitative estimate of drug-likeness (QED) is 0.347. The SMILES string of the molecule is CCC(C(=O)CCCCCCC(=O)OC)(C(=O)OC)c1ccccc1. The number of methoxy groups -OCH3 is 2. The van der Waals surface area contributed by atoms with Gasteiger partial charge >= 0.3 is 11.9 Å². The number of esters is 2. The maximum atomic E-state index is 12.9. The maximum Gasteiger partial charge on any atom is 0.323 e. The molecule has 0 aromatic heterocycles. The molecule has 138 valence electrons. The van der Waals surface area contributed by atoms with E-state index in [1.807, 2.05) is 25.1 Å². The molecule has 1 rings (SSSR count). The van der Waals surface area contributed by atoms with Gasteiger partial charge in [-0.2, -0.15) is 0 Å². The van der Waals surface area contributed by atoms with Crippen molar-refractivity contribution in [2.45, 2.75) is 57.3 Å². The first kappa shape index (κ1) is 20.9. The molecule has 0 aliphatic rings. The summed E-state index contributed by atoms with van der Waals surface area (Å²) in [6, 6.07) is 9.10. The molecule has 1 atom stereocenters. The van der Waals surface area contributed by atoms with Crippen LogP contribution in [0.1, 0.15) is 57.4 Å². The lowest BCUT2D eigenvalue weighted by atomic mass is 9.73. The van der Waals surface area contributed by atoms with Crippen LogP contribution in [0.25, 0.3) is 0 Å². The van der Waals surface area contributed by atoms with Gasteiger partial charge in [0.25, 0.3) is 0 Å². The van der Waals surface area contributed by atoms with Gasteiger partial charge in [-0.05, 0) is 24.8 Å². The zero-order valence-electron chi connectivity index (χ0n) is 15.4. The Labute approximate surface area is 149 Å². The Bertz CT molecular complexity index is 567. The van der Waals surface area contributed by atoms with Crippen LogP contribution < -0.4 is 0 Å². The van der Waals surface area contributed by atoms with E-state index in [-0.39, 0.29) is 11.8 Å². The zero-order valence-corrected chi connectivity index (χ0v) is 15.4. The topological polar surface area (TPSA) is 69.7 Å². The maximum absolute atomic E-state index is 12.9. The average Bonchev–Trinajstić information content (AvgIpc) is 2.65. The molecule has 0 spiro atoms. The Kier molecular flexibility index (Phi) is 8.89. The molecular formula is C20H28O5. The van der Waals surface area contributed by atoms with E-state index in [4.69, 9.17) is 4.74 Å². The highest BCUT2D eigenvalue weighted by molar-refractivity contribution is 6.09. The summed E-state index contributed by atoms with van der Waals surface area (Å²) < 4.78 is 9.55. The van der Waals surface area contributed by atoms with Gasteiger partial charge in [-0.15, -0.1) is 0 Å². The van der Waals surface area contributed by atoms with E-state index in [0.29, 0.717) is 31.2 Å². The minimum absolute atomic E-state index is 0.110. The second-order valence-corrected chi connectivity index (χ2v) is 6.03. The first-order valence-electron chi connectivity index (χ1n) is 8.77. The van der Waals surface area contributed by atoms with Crippen LogP contribution in [0.4, 0.5) is 0 Å². The average molecular weight is 348 g/mol. The van der Waals surface area contributed by atoms with Crippen LogP contribution in [0.5, 0.6) is 0 Å². The fourth-order valence-electron chi connectivity index (χ4n) is 3.06. The third kappa shape index (κ3) is 5.41. The van der Waals surface area contributed by atoms with Crippen molar-refractivity contribution in [3.63, 3.8) is 0 Å². The fourth-order valence-corrected chi connectivity index (χ4v) is 3.06. The molecule has 0 fully saturated rings. The van der Waals surface area contributed by atoms with Crippen LogP contribution in [-0.2, 0) is 29.3 Å². The lowest BCUT2D eigenvalue weighted by Crippen LogP contribution is -2.44. The minimum Gasteiger partial charge on any atom is -0.469 e. The molecule has 0 aliphatic heterocycles. The van der Waals surface area contributed by atoms with Gasteiger partial charge in [0, 0.05) is 12.8 Å². The summed E-state index contributed by atoms with van der Waals surface area (Å²) in [5.74, 6) is -0.825. The summed E-state index contributed by atoms with van der Waals surface area (Å²) in [6.45, 7) is 1.83. The van der Waals surface area contributed by atoms with Gasteiger partial charge in [-0.3, -0.25) is 14.4 Å². The van der Waals surface area contributed by atoms with E-state index in [0.717, 1.165) is 19.3 Å². The second-order valence-electron chi connectivity index (χ2n) is 6.03. The largest absolute Gasteiger partial charge is 0.469 e. The Balaban J connectivity index is 2.69. The highest BCUT2D eigenvalue weighted by Gasteiger charge is 2.46. The normalized spacial score (nSPS) is 12.9. The molecule has 1 aromatic rings. The molecule has 1 unspecified atom stereocenters. The molecule has 0 bridgehead atoms. The third-order valence-electron chi connectivity index (χ3n) is 4.57. The van der Waals surface area contributed by atoms with E-state index in [1.165, 1.54) is 14.2 Å². The van der Waals surface area contributed by atoms with Crippen LogP contribution in [0.2, 0.25) is 0 Å². The van der Waals surface area contributed by atoms with Crippen molar-refractivity contribution < 1.29 is 23.9 Å². The monoisotopic (exact) mass is 348 g/mol. The Morgan fingerprint density at radius 1 is 0.880 bits per heavy atom. The number of ketones is 1. The second kappa shape index (κ2) is 10.6. The number of ether oxygens (including phenoxy) is 2. The van der Waals surface area contributed by atoms with Gasteiger partial charge in [-0.25, -0.2) is 0 Å². The van der Waals surface area contributed by atoms with Crippen molar-refractivity contribution in [1.82, 2.24) is 0 Å². The predicted octanol–water partition coefficient (Wildman–Crippen LogP) is 3.59. The molecule has 0 N–H and O–H groups in total. The molecule has 1 aromatic carbocycles. The number of carbonyl (C=O) groups excluding carboxylic acids is 3. The van der Waals surface area contributed by atoms with Crippen molar-refractivity contribution in [3.05, 3.63) is 35.9 Å². The summed E-state index contributed by atoms with van der Waals surface area (Å²) in [6.07, 6.45) is 4.20. The molecule has 25 heavy (non-hydrogen) atoms. The Hall–Kier alpha value is -2.17. The third-order valence-corrected chi connectivity index (χ3v) is 4.57. The van der Waals surface area contributed by atoms with Crippen LogP contribution in [0, 0.1) is 0 Å². The van der Waals surface area contributed by atoms with E-state index in [2.05, 4.69) is 4.74 Å². The van der Waals surface area contributed by atoms with Crippen molar-refractivity contribution in [2.24, 2.45) is 0 Å². The molecule has 0 amide bonds. The highest BCUT2D eigenvalue weighted by atomic mass is 16.5. The van der Waals surface area contributed by atoms with Crippen molar-refractivity contribution in [3.8, 4) is 0 Å². The van der Waals surface area contributed by atoms with E-state index in [1.54, 1.807) is 12.1 Å². The van der Waals surface area contributed by atoms with Gasteiger partial charge in [-0.1, -0.05) is 50.1 Å². The van der Waals surface area contributed by atoms with E-state index >= 15 is 0 Å². The summed E-state index contributed by atoms with van der Waals surface area (Å²) in [7, 11) is 2.69. The van der Waals surface area contributed by atoms with Crippen LogP contribution in [0.3, 0.4) is 0 Å². The van der Waals surface area contributed by atoms with Gasteiger partial charge in [0.2, 0.25) is 0 Å². The molecule has 5 heteroatoms. The molecule has 0 radical (unpaired) electrons. The van der Waals surface area contributed by atoms with Crippen molar-refractivity contribution >= 4 is 17.7 Å². The summed E-state index contributed by atoms with van der Waals surface area (Å²) in [4.78, 5) is 36.4. The molecule has 0 aliphatic carbocycles. The Morgan fingerprint density at radius 2 is 1.48 bits per heavy atom. The minimum atomic E-state index is -1.23. The lowest BCUT2D eigenvalue weighted by Gasteiger charge is -2.29. The number of hydrogen-bond acceptors (Lipinski definition) is 5. The molecule has 5 nitrogen and oxygen atoms in total. The first-order valence-corrected chi connectivity index (χ1v) is 8.77. The first-order chi connectivity index (χ1) is 12.0. The molecule has 0 saturated heterocycles. The van der Waals surface area contributed by atoms with Gasteiger partial charge in [0.15, 0.2) is 11.2 Å². The number of unbranched alkanes of at least 4 members (excludes halogenated alkanes) is 3. The van der Waals surface area contributed by atoms with Crippen LogP contribution in [-0.4, -0.2) is 31.9 Å². The number of Topliss-reactive ketones (excluding diaryl/α,β-unsaturated/α-hetero) is 1. The number of hydrogen-bond donors (Lipinski definition) is 0. The predicted molar refractivity (Wildman–Crippen MR) is 95.2 cm³/mol. The zero-order chi connectivity index (χ0) is 18.7. The number of benzene rings is 1.